The lowest BCUT2D eigenvalue weighted by molar-refractivity contribution is -0.139. The summed E-state index contributed by atoms with van der Waals surface area (Å²) in [5.41, 5.74) is 0.851. The quantitative estimate of drug-likeness (QED) is 0.511. The van der Waals surface area contributed by atoms with E-state index < -0.39 is 17.6 Å². The molecule has 1 amide bonds. The normalized spacial score (nSPS) is 11.2. The lowest BCUT2D eigenvalue weighted by atomic mass is 10.2. The summed E-state index contributed by atoms with van der Waals surface area (Å²) >= 11 is 0. The molecule has 0 atom stereocenters. The Morgan fingerprint density at radius 3 is 2.76 bits per heavy atom. The molecule has 9 heteroatoms. The molecule has 2 aromatic rings. The van der Waals surface area contributed by atoms with Gasteiger partial charge in [-0.1, -0.05) is 17.3 Å². The number of hydrogen-bond donors (Lipinski definition) is 2. The summed E-state index contributed by atoms with van der Waals surface area (Å²) < 4.78 is 48.1. The number of nitrogens with one attached hydrogen (secondary N) is 1. The van der Waals surface area contributed by atoms with E-state index in [4.69, 9.17) is 15.1 Å². The van der Waals surface area contributed by atoms with Crippen molar-refractivity contribution in [3.8, 4) is 5.75 Å². The number of aromatic nitrogens is 1. The number of ether oxygens (including phenoxy) is 1. The SMILES string of the molecule is NNC(=O)c1cc(COc2ccccc2C(F)(F)F)on1. The number of hydrazine groups is 1. The van der Waals surface area contributed by atoms with Crippen LogP contribution in [0.2, 0.25) is 0 Å². The van der Waals surface area contributed by atoms with E-state index in [0.717, 1.165) is 6.07 Å². The molecule has 0 radical (unpaired) electrons. The Bertz CT molecular complexity index is 640. The molecule has 0 spiro atoms. The number of benzene rings is 1. The Balaban J connectivity index is 2.10. The minimum atomic E-state index is -4.53. The number of nitrogen functional groups attached to an aromatic ring is 1. The number of rotatable bonds is 4. The Morgan fingerprint density at radius 2 is 2.10 bits per heavy atom. The molecule has 0 saturated heterocycles. The summed E-state index contributed by atoms with van der Waals surface area (Å²) in [5, 5.41) is 3.40. The molecule has 3 N–H and O–H groups in total. The Morgan fingerprint density at radius 1 is 1.38 bits per heavy atom. The van der Waals surface area contributed by atoms with Crippen molar-refractivity contribution >= 4 is 5.91 Å². The molecule has 0 aliphatic heterocycles. The van der Waals surface area contributed by atoms with Crippen LogP contribution in [0.25, 0.3) is 0 Å². The summed E-state index contributed by atoms with van der Waals surface area (Å²) in [5.74, 6) is 3.98. The van der Waals surface area contributed by atoms with Gasteiger partial charge in [0.15, 0.2) is 11.5 Å². The zero-order chi connectivity index (χ0) is 15.5. The number of alkyl halides is 3. The van der Waals surface area contributed by atoms with E-state index in [2.05, 4.69) is 5.16 Å². The van der Waals surface area contributed by atoms with Crippen molar-refractivity contribution in [1.29, 1.82) is 0 Å². The second-order valence-corrected chi connectivity index (χ2v) is 3.93. The van der Waals surface area contributed by atoms with Gasteiger partial charge in [-0.25, -0.2) is 5.84 Å². The molecule has 2 rings (SSSR count). The van der Waals surface area contributed by atoms with Gasteiger partial charge in [-0.15, -0.1) is 0 Å². The fraction of sp³-hybridized carbons (Fsp3) is 0.167. The third-order valence-corrected chi connectivity index (χ3v) is 2.49. The van der Waals surface area contributed by atoms with Gasteiger partial charge in [-0.2, -0.15) is 13.2 Å². The topological polar surface area (TPSA) is 90.4 Å². The molecular weight excluding hydrogens is 291 g/mol. The highest BCUT2D eigenvalue weighted by Crippen LogP contribution is 2.36. The molecule has 1 heterocycles. The van der Waals surface area contributed by atoms with Crippen molar-refractivity contribution in [2.24, 2.45) is 5.84 Å². The van der Waals surface area contributed by atoms with Gasteiger partial charge in [0.1, 0.15) is 12.4 Å². The largest absolute Gasteiger partial charge is 0.485 e. The van der Waals surface area contributed by atoms with Crippen LogP contribution in [0.15, 0.2) is 34.9 Å². The first-order valence-corrected chi connectivity index (χ1v) is 5.67. The second kappa shape index (κ2) is 5.83. The Labute approximate surface area is 116 Å². The molecule has 0 fully saturated rings. The zero-order valence-corrected chi connectivity index (χ0v) is 10.5. The lowest BCUT2D eigenvalue weighted by Gasteiger charge is -2.12. The number of nitrogens with two attached hydrogens (primary N) is 1. The Hall–Kier alpha value is -2.55. The van der Waals surface area contributed by atoms with Gasteiger partial charge in [-0.05, 0) is 12.1 Å². The third-order valence-electron chi connectivity index (χ3n) is 2.49. The fourth-order valence-corrected chi connectivity index (χ4v) is 1.54. The van der Waals surface area contributed by atoms with Crippen LogP contribution < -0.4 is 16.0 Å². The van der Waals surface area contributed by atoms with Crippen LogP contribution in [0, 0.1) is 0 Å². The maximum Gasteiger partial charge on any atom is 0.419 e. The molecule has 0 aliphatic carbocycles. The van der Waals surface area contributed by atoms with Gasteiger partial charge in [0.05, 0.1) is 5.56 Å². The summed E-state index contributed by atoms with van der Waals surface area (Å²) in [4.78, 5) is 11.1. The van der Waals surface area contributed by atoms with Crippen molar-refractivity contribution in [2.45, 2.75) is 12.8 Å². The molecule has 112 valence electrons. The first kappa shape index (κ1) is 14.9. The highest BCUT2D eigenvalue weighted by atomic mass is 19.4. The van der Waals surface area contributed by atoms with Crippen LogP contribution in [0.1, 0.15) is 21.8 Å². The lowest BCUT2D eigenvalue weighted by Crippen LogP contribution is -2.30. The van der Waals surface area contributed by atoms with Gasteiger partial charge in [0.25, 0.3) is 5.91 Å². The van der Waals surface area contributed by atoms with Crippen molar-refractivity contribution in [3.63, 3.8) is 0 Å². The van der Waals surface area contributed by atoms with Crippen LogP contribution in [-0.4, -0.2) is 11.1 Å². The molecule has 1 aromatic heterocycles. The van der Waals surface area contributed by atoms with Gasteiger partial charge in [0, 0.05) is 6.07 Å². The zero-order valence-electron chi connectivity index (χ0n) is 10.5. The standard InChI is InChI=1S/C12H10F3N3O3/c13-12(14,15)8-3-1-2-4-10(8)20-6-7-5-9(18-21-7)11(19)17-16/h1-5H,6,16H2,(H,17,19). The number of hydrogen-bond acceptors (Lipinski definition) is 5. The number of para-hydroxylation sites is 1. The van der Waals surface area contributed by atoms with E-state index in [1.807, 2.05) is 5.43 Å². The van der Waals surface area contributed by atoms with Crippen molar-refractivity contribution in [1.82, 2.24) is 10.6 Å². The number of nitrogens with zero attached hydrogens (tertiary/aromatic N) is 1. The molecule has 0 bridgehead atoms. The number of halogens is 3. The predicted molar refractivity (Wildman–Crippen MR) is 63.9 cm³/mol. The first-order valence-electron chi connectivity index (χ1n) is 5.67. The summed E-state index contributed by atoms with van der Waals surface area (Å²) in [6.45, 7) is -0.308. The van der Waals surface area contributed by atoms with Crippen molar-refractivity contribution < 1.29 is 27.2 Å². The summed E-state index contributed by atoms with van der Waals surface area (Å²) in [6, 6.07) is 5.99. The van der Waals surface area contributed by atoms with E-state index in [1.54, 1.807) is 0 Å². The predicted octanol–water partition coefficient (Wildman–Crippen LogP) is 1.88. The minimum absolute atomic E-state index is 0.0885. The van der Waals surface area contributed by atoms with Crippen LogP contribution in [0.3, 0.4) is 0 Å². The van der Waals surface area contributed by atoms with Crippen molar-refractivity contribution in [2.75, 3.05) is 0 Å². The molecule has 0 saturated carbocycles. The van der Waals surface area contributed by atoms with E-state index >= 15 is 0 Å². The van der Waals surface area contributed by atoms with Gasteiger partial charge >= 0.3 is 6.18 Å². The average molecular weight is 301 g/mol. The smallest absolute Gasteiger partial charge is 0.419 e. The Kier molecular flexibility index (Phi) is 4.13. The number of carbonyl (C=O) groups excluding carboxylic acids is 1. The first-order chi connectivity index (χ1) is 9.91. The third kappa shape index (κ3) is 3.51. The monoisotopic (exact) mass is 301 g/mol. The van der Waals surface area contributed by atoms with Gasteiger partial charge in [-0.3, -0.25) is 10.2 Å². The maximum absolute atomic E-state index is 12.7. The average Bonchev–Trinajstić information content (AvgIpc) is 2.92. The number of amides is 1. The van der Waals surface area contributed by atoms with Crippen LogP contribution in [-0.2, 0) is 12.8 Å². The fourth-order valence-electron chi connectivity index (χ4n) is 1.54. The van der Waals surface area contributed by atoms with Crippen molar-refractivity contribution in [3.05, 3.63) is 47.3 Å². The molecule has 1 aromatic carbocycles. The van der Waals surface area contributed by atoms with Gasteiger partial charge < -0.3 is 9.26 Å². The molecule has 21 heavy (non-hydrogen) atoms. The van der Waals surface area contributed by atoms with Crippen LogP contribution in [0.5, 0.6) is 5.75 Å². The van der Waals surface area contributed by atoms with Gasteiger partial charge in [0.2, 0.25) is 0 Å². The van der Waals surface area contributed by atoms with Crippen LogP contribution >= 0.6 is 0 Å². The summed E-state index contributed by atoms with van der Waals surface area (Å²) in [6.07, 6.45) is -4.53. The summed E-state index contributed by atoms with van der Waals surface area (Å²) in [7, 11) is 0. The number of carbonyl (C=O) groups is 1. The molecule has 0 aliphatic rings. The van der Waals surface area contributed by atoms with E-state index in [0.29, 0.717) is 0 Å². The van der Waals surface area contributed by atoms with E-state index in [-0.39, 0.29) is 23.8 Å². The minimum Gasteiger partial charge on any atom is -0.485 e. The second-order valence-electron chi connectivity index (χ2n) is 3.93. The van der Waals surface area contributed by atoms with E-state index in [9.17, 15) is 18.0 Å². The highest BCUT2D eigenvalue weighted by molar-refractivity contribution is 5.91. The van der Waals surface area contributed by atoms with E-state index in [1.165, 1.54) is 24.3 Å². The molecule has 6 nitrogen and oxygen atoms in total. The molecular formula is C12H10F3N3O3. The highest BCUT2D eigenvalue weighted by Gasteiger charge is 2.34. The maximum atomic E-state index is 12.7. The van der Waals surface area contributed by atoms with Crippen LogP contribution in [0.4, 0.5) is 13.2 Å². The molecule has 0 unspecified atom stereocenters.